The molecule has 172 valence electrons. The Balaban J connectivity index is 1.31. The van der Waals surface area contributed by atoms with E-state index in [1.54, 1.807) is 6.20 Å². The van der Waals surface area contributed by atoms with Crippen LogP contribution in [0, 0.1) is 12.8 Å². The molecule has 3 aliphatic rings. The largest absolute Gasteiger partial charge is 0.462 e. The third-order valence-corrected chi connectivity index (χ3v) is 7.55. The number of fused-ring (bicyclic) bond motifs is 1. The van der Waals surface area contributed by atoms with Crippen molar-refractivity contribution < 1.29 is 14.3 Å². The minimum atomic E-state index is -0.269. The van der Waals surface area contributed by atoms with E-state index in [0.717, 1.165) is 42.7 Å². The van der Waals surface area contributed by atoms with Crippen LogP contribution in [-0.2, 0) is 9.47 Å². The van der Waals surface area contributed by atoms with E-state index < -0.39 is 0 Å². The zero-order valence-corrected chi connectivity index (χ0v) is 19.3. The molecule has 6 heteroatoms. The predicted octanol–water partition coefficient (Wildman–Crippen LogP) is 4.67. The lowest BCUT2D eigenvalue weighted by Gasteiger charge is -2.47. The van der Waals surface area contributed by atoms with Gasteiger partial charge in [-0.25, -0.2) is 9.78 Å². The van der Waals surface area contributed by atoms with Crippen molar-refractivity contribution in [3.8, 4) is 0 Å². The average Bonchev–Trinajstić information content (AvgIpc) is 3.55. The molecule has 3 fully saturated rings. The van der Waals surface area contributed by atoms with Gasteiger partial charge in [0.15, 0.2) is 0 Å². The maximum absolute atomic E-state index is 12.7. The van der Waals surface area contributed by atoms with Crippen molar-refractivity contribution in [2.45, 2.75) is 76.7 Å². The molecule has 2 saturated carbocycles. The van der Waals surface area contributed by atoms with Gasteiger partial charge in [-0.15, -0.1) is 6.58 Å². The molecule has 1 saturated heterocycles. The Labute approximate surface area is 190 Å². The van der Waals surface area contributed by atoms with E-state index in [4.69, 9.17) is 9.47 Å². The Bertz CT molecular complexity index is 982. The Morgan fingerprint density at radius 3 is 2.62 bits per heavy atom. The zero-order valence-electron chi connectivity index (χ0n) is 19.3. The summed E-state index contributed by atoms with van der Waals surface area (Å²) >= 11 is 0. The summed E-state index contributed by atoms with van der Waals surface area (Å²) in [4.78, 5) is 20.0. The SMILES string of the molecule is C=C[C@H](C1CCC(N2CC(OC3CC3)C2)CC1)n1c(C)c(C(=O)OCC)c2cccnc21. The molecule has 2 aliphatic carbocycles. The number of esters is 1. The summed E-state index contributed by atoms with van der Waals surface area (Å²) in [6.45, 7) is 10.6. The standard InChI is InChI=1S/C26H35N3O3/c1-4-23(18-8-10-19(11-9-18)28-15-21(16-28)32-20-12-13-20)29-17(3)24(26(30)31-5-2)22-7-6-14-27-25(22)29/h4,6-7,14,18-21,23H,1,5,8-13,15-16H2,2-3H3/t18?,19?,23-/m1/s1. The first-order valence-electron chi connectivity index (χ1n) is 12.2. The number of carbonyl (C=O) groups is 1. The van der Waals surface area contributed by atoms with Crippen LogP contribution >= 0.6 is 0 Å². The first kappa shape index (κ1) is 21.7. The summed E-state index contributed by atoms with van der Waals surface area (Å²) in [6, 6.07) is 4.65. The summed E-state index contributed by atoms with van der Waals surface area (Å²) < 4.78 is 13.6. The number of pyridine rings is 1. The first-order chi connectivity index (χ1) is 15.6. The van der Waals surface area contributed by atoms with Crippen LogP contribution in [0.25, 0.3) is 11.0 Å². The van der Waals surface area contributed by atoms with Crippen LogP contribution < -0.4 is 0 Å². The molecule has 0 bridgehead atoms. The summed E-state index contributed by atoms with van der Waals surface area (Å²) in [5.74, 6) is 0.226. The van der Waals surface area contributed by atoms with Gasteiger partial charge < -0.3 is 14.0 Å². The maximum Gasteiger partial charge on any atom is 0.340 e. The number of carbonyl (C=O) groups excluding carboxylic acids is 1. The second-order valence-electron chi connectivity index (χ2n) is 9.63. The molecule has 5 rings (SSSR count). The molecule has 0 spiro atoms. The first-order valence-corrected chi connectivity index (χ1v) is 12.2. The van der Waals surface area contributed by atoms with Gasteiger partial charge in [-0.05, 0) is 70.4 Å². The summed E-state index contributed by atoms with van der Waals surface area (Å²) in [7, 11) is 0. The molecule has 6 nitrogen and oxygen atoms in total. The van der Waals surface area contributed by atoms with Gasteiger partial charge in [-0.1, -0.05) is 6.08 Å². The van der Waals surface area contributed by atoms with Crippen molar-refractivity contribution in [3.63, 3.8) is 0 Å². The normalized spacial score (nSPS) is 25.4. The molecule has 0 amide bonds. The third kappa shape index (κ3) is 3.99. The molecule has 3 heterocycles. The van der Waals surface area contributed by atoms with Gasteiger partial charge in [0.1, 0.15) is 5.65 Å². The van der Waals surface area contributed by atoms with Crippen molar-refractivity contribution in [2.24, 2.45) is 5.92 Å². The second kappa shape index (κ2) is 8.99. The van der Waals surface area contributed by atoms with E-state index in [1.807, 2.05) is 32.1 Å². The number of hydrogen-bond acceptors (Lipinski definition) is 5. The molecular weight excluding hydrogens is 402 g/mol. The Hall–Kier alpha value is -2.18. The van der Waals surface area contributed by atoms with Gasteiger partial charge in [-0.3, -0.25) is 4.90 Å². The molecule has 1 aliphatic heterocycles. The van der Waals surface area contributed by atoms with Crippen LogP contribution in [0.2, 0.25) is 0 Å². The van der Waals surface area contributed by atoms with E-state index in [9.17, 15) is 4.79 Å². The van der Waals surface area contributed by atoms with Crippen LogP contribution in [0.1, 0.15) is 67.5 Å². The highest BCUT2D eigenvalue weighted by molar-refractivity contribution is 6.05. The Morgan fingerprint density at radius 1 is 1.22 bits per heavy atom. The number of allylic oxidation sites excluding steroid dienone is 1. The highest BCUT2D eigenvalue weighted by Gasteiger charge is 2.39. The minimum absolute atomic E-state index is 0.124. The number of aromatic nitrogens is 2. The van der Waals surface area contributed by atoms with Crippen LogP contribution in [0.3, 0.4) is 0 Å². The lowest BCUT2D eigenvalue weighted by Crippen LogP contribution is -2.57. The number of hydrogen-bond donors (Lipinski definition) is 0. The van der Waals surface area contributed by atoms with Crippen molar-refractivity contribution in [2.75, 3.05) is 19.7 Å². The van der Waals surface area contributed by atoms with Crippen molar-refractivity contribution >= 4 is 17.0 Å². The highest BCUT2D eigenvalue weighted by Crippen LogP contribution is 2.40. The van der Waals surface area contributed by atoms with Gasteiger partial charge in [0, 0.05) is 36.4 Å². The van der Waals surface area contributed by atoms with E-state index in [-0.39, 0.29) is 12.0 Å². The lowest BCUT2D eigenvalue weighted by molar-refractivity contribution is -0.0862. The molecule has 2 aromatic heterocycles. The van der Waals surface area contributed by atoms with E-state index >= 15 is 0 Å². The summed E-state index contributed by atoms with van der Waals surface area (Å²) in [6.07, 6.45) is 12.1. The summed E-state index contributed by atoms with van der Waals surface area (Å²) in [5, 5.41) is 0.867. The second-order valence-corrected chi connectivity index (χ2v) is 9.63. The van der Waals surface area contributed by atoms with Gasteiger partial charge in [0.2, 0.25) is 0 Å². The smallest absolute Gasteiger partial charge is 0.340 e. The molecule has 0 N–H and O–H groups in total. The average molecular weight is 438 g/mol. The zero-order chi connectivity index (χ0) is 22.2. The van der Waals surface area contributed by atoms with Gasteiger partial charge in [0.05, 0.1) is 30.4 Å². The van der Waals surface area contributed by atoms with Crippen molar-refractivity contribution in [1.82, 2.24) is 14.5 Å². The van der Waals surface area contributed by atoms with E-state index in [1.165, 1.54) is 25.7 Å². The molecule has 1 atom stereocenters. The monoisotopic (exact) mass is 437 g/mol. The Kier molecular flexibility index (Phi) is 6.08. The topological polar surface area (TPSA) is 56.6 Å². The van der Waals surface area contributed by atoms with Crippen molar-refractivity contribution in [3.05, 3.63) is 42.2 Å². The summed E-state index contributed by atoms with van der Waals surface area (Å²) in [5.41, 5.74) is 2.41. The number of ether oxygens (including phenoxy) is 2. The fraction of sp³-hybridized carbons (Fsp3) is 0.615. The third-order valence-electron chi connectivity index (χ3n) is 7.55. The van der Waals surface area contributed by atoms with Gasteiger partial charge >= 0.3 is 5.97 Å². The van der Waals surface area contributed by atoms with E-state index in [0.29, 0.717) is 36.3 Å². The fourth-order valence-electron chi connectivity index (χ4n) is 5.73. The molecule has 2 aromatic rings. The molecule has 32 heavy (non-hydrogen) atoms. The van der Waals surface area contributed by atoms with Crippen LogP contribution in [0.15, 0.2) is 31.0 Å². The quantitative estimate of drug-likeness (QED) is 0.444. The van der Waals surface area contributed by atoms with Gasteiger partial charge in [0.25, 0.3) is 0 Å². The number of nitrogens with zero attached hydrogens (tertiary/aromatic N) is 3. The fourth-order valence-corrected chi connectivity index (χ4v) is 5.73. The van der Waals surface area contributed by atoms with Gasteiger partial charge in [-0.2, -0.15) is 0 Å². The highest BCUT2D eigenvalue weighted by atomic mass is 16.5. The van der Waals surface area contributed by atoms with Crippen molar-refractivity contribution in [1.29, 1.82) is 0 Å². The number of rotatable bonds is 8. The van der Waals surface area contributed by atoms with Crippen LogP contribution in [0.5, 0.6) is 0 Å². The van der Waals surface area contributed by atoms with Crippen LogP contribution in [-0.4, -0.2) is 58.4 Å². The van der Waals surface area contributed by atoms with E-state index in [2.05, 4.69) is 21.0 Å². The molecule has 0 unspecified atom stereocenters. The van der Waals surface area contributed by atoms with Crippen LogP contribution in [0.4, 0.5) is 0 Å². The molecular formula is C26H35N3O3. The lowest BCUT2D eigenvalue weighted by atomic mass is 9.80. The maximum atomic E-state index is 12.7. The minimum Gasteiger partial charge on any atom is -0.462 e. The molecule has 0 aromatic carbocycles. The number of likely N-dealkylation sites (tertiary alicyclic amines) is 1. The predicted molar refractivity (Wildman–Crippen MR) is 125 cm³/mol. The molecule has 0 radical (unpaired) electrons. The Morgan fingerprint density at radius 2 is 1.97 bits per heavy atom.